The highest BCUT2D eigenvalue weighted by molar-refractivity contribution is 6.30. The molecule has 0 saturated carbocycles. The number of anilines is 1. The summed E-state index contributed by atoms with van der Waals surface area (Å²) in [6.45, 7) is 1.43. The summed E-state index contributed by atoms with van der Waals surface area (Å²) in [6, 6.07) is 12.0. The van der Waals surface area contributed by atoms with Crippen LogP contribution in [-0.4, -0.2) is 18.6 Å². The van der Waals surface area contributed by atoms with Gasteiger partial charge in [-0.3, -0.25) is 0 Å². The van der Waals surface area contributed by atoms with Crippen molar-refractivity contribution >= 4 is 17.4 Å². The zero-order valence-electron chi connectivity index (χ0n) is 11.0. The van der Waals surface area contributed by atoms with E-state index >= 15 is 0 Å². The van der Waals surface area contributed by atoms with Crippen molar-refractivity contribution in [3.8, 4) is 0 Å². The first-order valence-electron chi connectivity index (χ1n) is 6.29. The molecule has 0 radical (unpaired) electrons. The molecule has 100 valence electrons. The van der Waals surface area contributed by atoms with Crippen LogP contribution in [0.5, 0.6) is 0 Å². The van der Waals surface area contributed by atoms with E-state index in [9.17, 15) is 0 Å². The van der Waals surface area contributed by atoms with Crippen LogP contribution in [0.15, 0.2) is 42.6 Å². The highest BCUT2D eigenvalue weighted by Crippen LogP contribution is 2.16. The molecule has 0 fully saturated rings. The van der Waals surface area contributed by atoms with E-state index in [4.69, 9.17) is 17.3 Å². The zero-order chi connectivity index (χ0) is 13.7. The summed E-state index contributed by atoms with van der Waals surface area (Å²) in [6.07, 6.45) is 2.75. The van der Waals surface area contributed by atoms with E-state index in [-0.39, 0.29) is 0 Å². The minimum atomic E-state index is 0.652. The van der Waals surface area contributed by atoms with E-state index in [1.54, 1.807) is 0 Å². The van der Waals surface area contributed by atoms with E-state index < -0.39 is 0 Å². The van der Waals surface area contributed by atoms with E-state index in [0.29, 0.717) is 6.54 Å². The molecule has 1 aromatic carbocycles. The second-order valence-corrected chi connectivity index (χ2v) is 4.99. The monoisotopic (exact) mass is 275 g/mol. The Kier molecular flexibility index (Phi) is 4.77. The van der Waals surface area contributed by atoms with Gasteiger partial charge in [-0.15, -0.1) is 0 Å². The second kappa shape index (κ2) is 6.55. The molecule has 0 amide bonds. The predicted molar refractivity (Wildman–Crippen MR) is 80.6 cm³/mol. The fraction of sp³-hybridized carbons (Fsp3) is 0.267. The number of benzene rings is 1. The van der Waals surface area contributed by atoms with Crippen LogP contribution < -0.4 is 10.6 Å². The third kappa shape index (κ3) is 3.94. The number of hydrogen-bond donors (Lipinski definition) is 1. The molecule has 19 heavy (non-hydrogen) atoms. The number of halogens is 1. The minimum absolute atomic E-state index is 0.652. The first-order chi connectivity index (χ1) is 9.19. The number of aromatic nitrogens is 1. The molecule has 0 aliphatic rings. The van der Waals surface area contributed by atoms with Crippen LogP contribution in [0, 0.1) is 0 Å². The standard InChI is InChI=1S/C15H18ClN3/c1-19(11-13-3-2-4-14(16)9-13)15-6-5-12(7-8-17)10-18-15/h2-6,9-10H,7-8,11,17H2,1H3. The van der Waals surface area contributed by atoms with Gasteiger partial charge < -0.3 is 10.6 Å². The largest absolute Gasteiger partial charge is 0.355 e. The Labute approximate surface area is 119 Å². The molecule has 0 aliphatic carbocycles. The molecule has 2 N–H and O–H groups in total. The Morgan fingerprint density at radius 2 is 2.05 bits per heavy atom. The molecule has 3 nitrogen and oxygen atoms in total. The summed E-state index contributed by atoms with van der Waals surface area (Å²) < 4.78 is 0. The third-order valence-electron chi connectivity index (χ3n) is 2.94. The van der Waals surface area contributed by atoms with Crippen LogP contribution in [0.1, 0.15) is 11.1 Å². The lowest BCUT2D eigenvalue weighted by atomic mass is 10.2. The molecule has 0 aliphatic heterocycles. The lowest BCUT2D eigenvalue weighted by molar-refractivity contribution is 0.889. The highest BCUT2D eigenvalue weighted by atomic mass is 35.5. The lowest BCUT2D eigenvalue weighted by Gasteiger charge is -2.18. The van der Waals surface area contributed by atoms with Gasteiger partial charge in [0.1, 0.15) is 5.82 Å². The average Bonchev–Trinajstić information content (AvgIpc) is 2.40. The van der Waals surface area contributed by atoms with Gasteiger partial charge in [-0.1, -0.05) is 29.8 Å². The average molecular weight is 276 g/mol. The third-order valence-corrected chi connectivity index (χ3v) is 3.18. The maximum absolute atomic E-state index is 5.98. The summed E-state index contributed by atoms with van der Waals surface area (Å²) in [7, 11) is 2.02. The van der Waals surface area contributed by atoms with Crippen molar-refractivity contribution in [1.29, 1.82) is 0 Å². The van der Waals surface area contributed by atoms with Crippen LogP contribution in [-0.2, 0) is 13.0 Å². The van der Waals surface area contributed by atoms with E-state index in [0.717, 1.165) is 23.8 Å². The van der Waals surface area contributed by atoms with Crippen molar-refractivity contribution in [2.75, 3.05) is 18.5 Å². The summed E-state index contributed by atoms with van der Waals surface area (Å²) in [5.41, 5.74) is 7.86. The summed E-state index contributed by atoms with van der Waals surface area (Å²) >= 11 is 5.98. The predicted octanol–water partition coefficient (Wildman–Crippen LogP) is 2.87. The van der Waals surface area contributed by atoms with Crippen molar-refractivity contribution in [1.82, 2.24) is 4.98 Å². The molecular weight excluding hydrogens is 258 g/mol. The van der Waals surface area contributed by atoms with Gasteiger partial charge in [-0.2, -0.15) is 0 Å². The van der Waals surface area contributed by atoms with Crippen molar-refractivity contribution in [2.45, 2.75) is 13.0 Å². The molecule has 0 saturated heterocycles. The van der Waals surface area contributed by atoms with Gasteiger partial charge in [0.25, 0.3) is 0 Å². The quantitative estimate of drug-likeness (QED) is 0.912. The molecular formula is C15H18ClN3. The van der Waals surface area contributed by atoms with Gasteiger partial charge >= 0.3 is 0 Å². The van der Waals surface area contributed by atoms with Gasteiger partial charge in [0, 0.05) is 24.8 Å². The maximum Gasteiger partial charge on any atom is 0.128 e. The molecule has 2 rings (SSSR count). The fourth-order valence-electron chi connectivity index (χ4n) is 1.95. The molecule has 0 unspecified atom stereocenters. The zero-order valence-corrected chi connectivity index (χ0v) is 11.8. The Morgan fingerprint density at radius 3 is 2.68 bits per heavy atom. The minimum Gasteiger partial charge on any atom is -0.355 e. The summed E-state index contributed by atoms with van der Waals surface area (Å²) in [5, 5.41) is 0.761. The van der Waals surface area contributed by atoms with E-state index in [1.807, 2.05) is 37.5 Å². The van der Waals surface area contributed by atoms with Crippen LogP contribution in [0.25, 0.3) is 0 Å². The van der Waals surface area contributed by atoms with Crippen molar-refractivity contribution in [3.63, 3.8) is 0 Å². The van der Waals surface area contributed by atoms with Gasteiger partial charge in [0.2, 0.25) is 0 Å². The van der Waals surface area contributed by atoms with Crippen LogP contribution in [0.4, 0.5) is 5.82 Å². The molecule has 0 spiro atoms. The van der Waals surface area contributed by atoms with Gasteiger partial charge in [0.05, 0.1) is 0 Å². The van der Waals surface area contributed by atoms with Crippen LogP contribution in [0.2, 0.25) is 5.02 Å². The molecule has 1 heterocycles. The van der Waals surface area contributed by atoms with Gasteiger partial charge in [0.15, 0.2) is 0 Å². The number of nitrogens with two attached hydrogens (primary N) is 1. The summed E-state index contributed by atoms with van der Waals surface area (Å²) in [5.74, 6) is 0.945. The molecule has 1 aromatic heterocycles. The van der Waals surface area contributed by atoms with Crippen molar-refractivity contribution < 1.29 is 0 Å². The maximum atomic E-state index is 5.98. The fourth-order valence-corrected chi connectivity index (χ4v) is 2.16. The number of pyridine rings is 1. The van der Waals surface area contributed by atoms with E-state index in [2.05, 4.69) is 22.0 Å². The van der Waals surface area contributed by atoms with E-state index in [1.165, 1.54) is 11.1 Å². The second-order valence-electron chi connectivity index (χ2n) is 4.55. The summed E-state index contributed by atoms with van der Waals surface area (Å²) in [4.78, 5) is 6.55. The smallest absolute Gasteiger partial charge is 0.128 e. The molecule has 4 heteroatoms. The number of nitrogens with zero attached hydrogens (tertiary/aromatic N) is 2. The first kappa shape index (κ1) is 13.8. The Morgan fingerprint density at radius 1 is 1.21 bits per heavy atom. The normalized spacial score (nSPS) is 10.5. The van der Waals surface area contributed by atoms with Crippen molar-refractivity contribution in [2.24, 2.45) is 5.73 Å². The highest BCUT2D eigenvalue weighted by Gasteiger charge is 2.04. The SMILES string of the molecule is CN(Cc1cccc(Cl)c1)c1ccc(CCN)cn1. The first-order valence-corrected chi connectivity index (χ1v) is 6.67. The Bertz CT molecular complexity index is 525. The van der Waals surface area contributed by atoms with Gasteiger partial charge in [-0.05, 0) is 42.3 Å². The molecule has 0 atom stereocenters. The number of rotatable bonds is 5. The Balaban J connectivity index is 2.05. The van der Waals surface area contributed by atoms with Crippen molar-refractivity contribution in [3.05, 3.63) is 58.7 Å². The number of hydrogen-bond acceptors (Lipinski definition) is 3. The molecule has 2 aromatic rings. The van der Waals surface area contributed by atoms with Gasteiger partial charge in [-0.25, -0.2) is 4.98 Å². The topological polar surface area (TPSA) is 42.1 Å². The lowest BCUT2D eigenvalue weighted by Crippen LogP contribution is -2.17. The molecule has 0 bridgehead atoms. The van der Waals surface area contributed by atoms with Crippen LogP contribution >= 0.6 is 11.6 Å². The Hall–Kier alpha value is -1.58. The van der Waals surface area contributed by atoms with Crippen LogP contribution in [0.3, 0.4) is 0 Å².